The zero-order valence-corrected chi connectivity index (χ0v) is 14.9. The van der Waals surface area contributed by atoms with Crippen molar-refractivity contribution in [3.63, 3.8) is 0 Å². The van der Waals surface area contributed by atoms with Crippen molar-refractivity contribution in [1.29, 1.82) is 0 Å². The lowest BCUT2D eigenvalue weighted by molar-refractivity contribution is -0.130. The topological polar surface area (TPSA) is 51.2 Å². The molecule has 0 spiro atoms. The fourth-order valence-corrected chi connectivity index (χ4v) is 3.84. The molecule has 0 saturated carbocycles. The summed E-state index contributed by atoms with van der Waals surface area (Å²) in [5.74, 6) is -1.12. The van der Waals surface area contributed by atoms with Gasteiger partial charge in [0.2, 0.25) is 0 Å². The van der Waals surface area contributed by atoms with E-state index in [1.807, 2.05) is 12.2 Å². The van der Waals surface area contributed by atoms with Crippen LogP contribution < -0.4 is 0 Å². The summed E-state index contributed by atoms with van der Waals surface area (Å²) >= 11 is 0. The molecule has 0 N–H and O–H groups in total. The van der Waals surface area contributed by atoms with E-state index in [4.69, 9.17) is 0 Å². The number of Topliss-reactive ketones (excluding diaryl/α,β-unsaturated/α-hetero) is 1. The molecular weight excluding hydrogens is 334 g/mol. The summed E-state index contributed by atoms with van der Waals surface area (Å²) in [6.07, 6.45) is 3.93. The molecule has 1 aromatic rings. The third kappa shape index (κ3) is 4.09. The molecule has 3 nitrogen and oxygen atoms in total. The number of sulfone groups is 1. The van der Waals surface area contributed by atoms with Gasteiger partial charge >= 0.3 is 0 Å². The number of carbonyl (C=O) groups is 1. The molecule has 1 aliphatic carbocycles. The lowest BCUT2D eigenvalue weighted by Crippen LogP contribution is -2.27. The van der Waals surface area contributed by atoms with Crippen molar-refractivity contribution in [2.45, 2.75) is 56.3 Å². The van der Waals surface area contributed by atoms with Gasteiger partial charge in [0.25, 0.3) is 6.43 Å². The molecule has 0 unspecified atom stereocenters. The van der Waals surface area contributed by atoms with Crippen molar-refractivity contribution < 1.29 is 22.0 Å². The SMILES string of the molecule is CC(C)(CC(=O)C(F)F)c1cc(S(C)(=O)=O)cc2c1CC=CCC2. The van der Waals surface area contributed by atoms with Crippen molar-refractivity contribution >= 4 is 15.6 Å². The van der Waals surface area contributed by atoms with Crippen LogP contribution in [0.15, 0.2) is 29.2 Å². The minimum Gasteiger partial charge on any atom is -0.293 e. The number of aryl methyl sites for hydroxylation is 1. The van der Waals surface area contributed by atoms with Crippen molar-refractivity contribution in [2.24, 2.45) is 0 Å². The molecule has 0 amide bonds. The van der Waals surface area contributed by atoms with E-state index in [-0.39, 0.29) is 11.3 Å². The van der Waals surface area contributed by atoms with Crippen LogP contribution in [0.25, 0.3) is 0 Å². The third-order valence-electron chi connectivity index (χ3n) is 4.40. The molecule has 0 aliphatic heterocycles. The van der Waals surface area contributed by atoms with Crippen LogP contribution in [0.4, 0.5) is 8.78 Å². The zero-order valence-electron chi connectivity index (χ0n) is 14.1. The first-order valence-corrected chi connectivity index (χ1v) is 9.74. The number of hydrogen-bond donors (Lipinski definition) is 0. The van der Waals surface area contributed by atoms with Crippen LogP contribution in [0.1, 0.15) is 43.4 Å². The fraction of sp³-hybridized carbons (Fsp3) is 0.500. The highest BCUT2D eigenvalue weighted by atomic mass is 32.2. The molecule has 2 rings (SSSR count). The van der Waals surface area contributed by atoms with Gasteiger partial charge in [-0.1, -0.05) is 26.0 Å². The van der Waals surface area contributed by atoms with E-state index in [0.29, 0.717) is 18.4 Å². The summed E-state index contributed by atoms with van der Waals surface area (Å²) < 4.78 is 49.4. The first-order valence-electron chi connectivity index (χ1n) is 7.84. The van der Waals surface area contributed by atoms with E-state index in [2.05, 4.69) is 0 Å². The minimum atomic E-state index is -3.43. The molecule has 0 fully saturated rings. The third-order valence-corrected chi connectivity index (χ3v) is 5.49. The van der Waals surface area contributed by atoms with E-state index in [1.54, 1.807) is 26.0 Å². The van der Waals surface area contributed by atoms with Gasteiger partial charge in [-0.2, -0.15) is 0 Å². The summed E-state index contributed by atoms with van der Waals surface area (Å²) in [5, 5.41) is 0. The minimum absolute atomic E-state index is 0.177. The highest BCUT2D eigenvalue weighted by Gasteiger charge is 2.32. The largest absolute Gasteiger partial charge is 0.296 e. The monoisotopic (exact) mass is 356 g/mol. The summed E-state index contributed by atoms with van der Waals surface area (Å²) in [6, 6.07) is 3.22. The number of hydrogen-bond acceptors (Lipinski definition) is 3. The van der Waals surface area contributed by atoms with Gasteiger partial charge < -0.3 is 0 Å². The molecule has 1 aromatic carbocycles. The second-order valence-electron chi connectivity index (χ2n) is 6.92. The van der Waals surface area contributed by atoms with Gasteiger partial charge in [-0.15, -0.1) is 0 Å². The average Bonchev–Trinajstić information content (AvgIpc) is 2.69. The summed E-state index contributed by atoms with van der Waals surface area (Å²) in [6.45, 7) is 3.42. The van der Waals surface area contributed by atoms with Gasteiger partial charge in [-0.05, 0) is 53.5 Å². The number of carbonyl (C=O) groups excluding carboxylic acids is 1. The van der Waals surface area contributed by atoms with Crippen LogP contribution in [0.3, 0.4) is 0 Å². The fourth-order valence-electron chi connectivity index (χ4n) is 3.15. The molecule has 0 radical (unpaired) electrons. The smallest absolute Gasteiger partial charge is 0.293 e. The van der Waals surface area contributed by atoms with Crippen molar-refractivity contribution in [2.75, 3.05) is 6.26 Å². The molecule has 6 heteroatoms. The van der Waals surface area contributed by atoms with Gasteiger partial charge in [-0.25, -0.2) is 17.2 Å². The van der Waals surface area contributed by atoms with Crippen molar-refractivity contribution in [3.05, 3.63) is 41.0 Å². The second kappa shape index (κ2) is 6.75. The Morgan fingerprint density at radius 3 is 2.50 bits per heavy atom. The first-order chi connectivity index (χ1) is 11.0. The molecular formula is C18H22F2O3S. The Morgan fingerprint density at radius 2 is 1.92 bits per heavy atom. The maximum atomic E-state index is 12.7. The molecule has 1 aliphatic rings. The van der Waals surface area contributed by atoms with E-state index < -0.39 is 27.5 Å². The Kier molecular flexibility index (Phi) is 5.28. The van der Waals surface area contributed by atoms with Crippen molar-refractivity contribution in [3.8, 4) is 0 Å². The summed E-state index contributed by atoms with van der Waals surface area (Å²) in [4.78, 5) is 11.7. The molecule has 132 valence electrons. The number of rotatable bonds is 5. The van der Waals surface area contributed by atoms with Crippen molar-refractivity contribution in [1.82, 2.24) is 0 Å². The normalized spacial score (nSPS) is 15.2. The lowest BCUT2D eigenvalue weighted by Gasteiger charge is -2.29. The zero-order chi connectivity index (χ0) is 18.1. The standard InChI is InChI=1S/C18H22F2O3S/c1-18(2,11-16(21)17(19)20)15-10-13(24(3,22)23)9-12-7-5-4-6-8-14(12)15/h4,6,9-10,17H,5,7-8,11H2,1-3H3. The molecule has 0 aromatic heterocycles. The molecule has 0 atom stereocenters. The van der Waals surface area contributed by atoms with Crippen LogP contribution in [-0.4, -0.2) is 26.9 Å². The van der Waals surface area contributed by atoms with E-state index in [9.17, 15) is 22.0 Å². The van der Waals surface area contributed by atoms with Gasteiger partial charge in [0.1, 0.15) is 0 Å². The lowest BCUT2D eigenvalue weighted by atomic mass is 9.76. The number of ketones is 1. The number of benzene rings is 1. The molecule has 0 bridgehead atoms. The Balaban J connectivity index is 2.62. The molecule has 0 heterocycles. The highest BCUT2D eigenvalue weighted by Crippen LogP contribution is 2.36. The number of allylic oxidation sites excluding steroid dienone is 2. The van der Waals surface area contributed by atoms with Gasteiger partial charge in [-0.3, -0.25) is 4.79 Å². The first kappa shape index (κ1) is 18.8. The predicted molar refractivity (Wildman–Crippen MR) is 89.4 cm³/mol. The van der Waals surface area contributed by atoms with Gasteiger partial charge in [0, 0.05) is 12.7 Å². The molecule has 0 saturated heterocycles. The highest BCUT2D eigenvalue weighted by molar-refractivity contribution is 7.90. The second-order valence-corrected chi connectivity index (χ2v) is 8.94. The van der Waals surface area contributed by atoms with E-state index in [1.165, 1.54) is 0 Å². The number of halogens is 2. The van der Waals surface area contributed by atoms with E-state index >= 15 is 0 Å². The maximum absolute atomic E-state index is 12.7. The van der Waals surface area contributed by atoms with Crippen LogP contribution in [-0.2, 0) is 32.9 Å². The van der Waals surface area contributed by atoms with Crippen LogP contribution in [0, 0.1) is 0 Å². The Morgan fingerprint density at radius 1 is 1.25 bits per heavy atom. The Labute approximate surface area is 141 Å². The van der Waals surface area contributed by atoms with Crippen LogP contribution >= 0.6 is 0 Å². The number of alkyl halides is 2. The summed E-state index contributed by atoms with van der Waals surface area (Å²) in [7, 11) is -3.43. The Bertz CT molecular complexity index is 778. The number of fused-ring (bicyclic) bond motifs is 1. The quantitative estimate of drug-likeness (QED) is 0.757. The predicted octanol–water partition coefficient (Wildman–Crippen LogP) is 3.64. The molecule has 24 heavy (non-hydrogen) atoms. The maximum Gasteiger partial charge on any atom is 0.296 e. The van der Waals surface area contributed by atoms with Crippen LogP contribution in [0.5, 0.6) is 0 Å². The Hall–Kier alpha value is -1.56. The average molecular weight is 356 g/mol. The van der Waals surface area contributed by atoms with Gasteiger partial charge in [0.15, 0.2) is 15.6 Å². The van der Waals surface area contributed by atoms with E-state index in [0.717, 1.165) is 23.8 Å². The van der Waals surface area contributed by atoms with Gasteiger partial charge in [0.05, 0.1) is 4.90 Å². The summed E-state index contributed by atoms with van der Waals surface area (Å²) in [5.41, 5.74) is 1.66. The van der Waals surface area contributed by atoms with Crippen LogP contribution in [0.2, 0.25) is 0 Å².